The minimum Gasteiger partial charge on any atom is -0.329 e. The van der Waals surface area contributed by atoms with E-state index in [1.54, 1.807) is 0 Å². The first-order valence-corrected chi connectivity index (χ1v) is 6.97. The highest BCUT2D eigenvalue weighted by atomic mass is 35.5. The molecule has 0 aromatic heterocycles. The summed E-state index contributed by atoms with van der Waals surface area (Å²) in [6.07, 6.45) is 0. The molecular formula is C15H12Cl2N2O. The van der Waals surface area contributed by atoms with Gasteiger partial charge in [0.15, 0.2) is 0 Å². The van der Waals surface area contributed by atoms with E-state index >= 15 is 0 Å². The molecule has 2 unspecified atom stereocenters. The predicted molar refractivity (Wildman–Crippen MR) is 80.1 cm³/mol. The monoisotopic (exact) mass is 306 g/mol. The van der Waals surface area contributed by atoms with E-state index in [2.05, 4.69) is 10.6 Å². The van der Waals surface area contributed by atoms with E-state index in [1.165, 1.54) is 0 Å². The molecule has 1 aliphatic rings. The van der Waals surface area contributed by atoms with Gasteiger partial charge >= 0.3 is 6.03 Å². The van der Waals surface area contributed by atoms with Crippen LogP contribution in [-0.2, 0) is 0 Å². The summed E-state index contributed by atoms with van der Waals surface area (Å²) in [6.45, 7) is 0. The van der Waals surface area contributed by atoms with Crippen LogP contribution in [0.5, 0.6) is 0 Å². The second-order valence-electron chi connectivity index (χ2n) is 4.68. The Labute approximate surface area is 126 Å². The molecule has 2 amide bonds. The molecule has 0 saturated carbocycles. The largest absolute Gasteiger partial charge is 0.329 e. The fraction of sp³-hybridized carbons (Fsp3) is 0.133. The third-order valence-corrected chi connectivity index (χ3v) is 3.87. The van der Waals surface area contributed by atoms with Gasteiger partial charge in [0.2, 0.25) is 0 Å². The van der Waals surface area contributed by atoms with Crippen molar-refractivity contribution in [3.63, 3.8) is 0 Å². The maximum atomic E-state index is 11.7. The number of urea groups is 1. The van der Waals surface area contributed by atoms with E-state index in [1.807, 2.05) is 48.5 Å². The summed E-state index contributed by atoms with van der Waals surface area (Å²) in [6, 6.07) is 14.5. The summed E-state index contributed by atoms with van der Waals surface area (Å²) in [7, 11) is 0. The number of benzene rings is 2. The van der Waals surface area contributed by atoms with Gasteiger partial charge in [-0.25, -0.2) is 4.79 Å². The highest BCUT2D eigenvalue weighted by molar-refractivity contribution is 6.30. The van der Waals surface area contributed by atoms with Gasteiger partial charge in [-0.15, -0.1) is 0 Å². The molecule has 3 rings (SSSR count). The van der Waals surface area contributed by atoms with Crippen LogP contribution in [0.4, 0.5) is 4.79 Å². The molecule has 2 atom stereocenters. The Kier molecular flexibility index (Phi) is 3.55. The SMILES string of the molecule is O=C1NC(c2ccc(Cl)cc2)C(c2ccc(Cl)cc2)N1. The number of nitrogens with one attached hydrogen (secondary N) is 2. The molecule has 2 N–H and O–H groups in total. The number of hydrogen-bond donors (Lipinski definition) is 2. The van der Waals surface area contributed by atoms with Crippen LogP contribution < -0.4 is 10.6 Å². The smallest absolute Gasteiger partial charge is 0.315 e. The third kappa shape index (κ3) is 2.60. The second kappa shape index (κ2) is 5.35. The van der Waals surface area contributed by atoms with Crippen LogP contribution in [0.1, 0.15) is 23.2 Å². The maximum Gasteiger partial charge on any atom is 0.315 e. The first-order chi connectivity index (χ1) is 9.63. The Hall–Kier alpha value is -1.71. The van der Waals surface area contributed by atoms with Crippen molar-refractivity contribution in [2.75, 3.05) is 0 Å². The van der Waals surface area contributed by atoms with Gasteiger partial charge in [0.25, 0.3) is 0 Å². The lowest BCUT2D eigenvalue weighted by Gasteiger charge is -2.19. The Balaban J connectivity index is 1.94. The van der Waals surface area contributed by atoms with Gasteiger partial charge in [-0.05, 0) is 35.4 Å². The van der Waals surface area contributed by atoms with E-state index in [9.17, 15) is 4.79 Å². The van der Waals surface area contributed by atoms with E-state index in [-0.39, 0.29) is 18.1 Å². The standard InChI is InChI=1S/C15H12Cl2N2O/c16-11-5-1-9(2-6-11)13-14(19-15(20)18-13)10-3-7-12(17)8-4-10/h1-8,13-14H,(H2,18,19,20). The van der Waals surface area contributed by atoms with Crippen molar-refractivity contribution < 1.29 is 4.79 Å². The Morgan fingerprint density at radius 3 is 1.40 bits per heavy atom. The summed E-state index contributed by atoms with van der Waals surface area (Å²) >= 11 is 11.8. The lowest BCUT2D eigenvalue weighted by molar-refractivity contribution is 0.247. The summed E-state index contributed by atoms with van der Waals surface area (Å²) < 4.78 is 0. The number of carbonyl (C=O) groups excluding carboxylic acids is 1. The lowest BCUT2D eigenvalue weighted by atomic mass is 9.95. The number of halogens is 2. The van der Waals surface area contributed by atoms with Crippen LogP contribution in [0.3, 0.4) is 0 Å². The first kappa shape index (κ1) is 13.3. The van der Waals surface area contributed by atoms with Gasteiger partial charge in [0, 0.05) is 10.0 Å². The molecule has 3 nitrogen and oxygen atoms in total. The van der Waals surface area contributed by atoms with Crippen LogP contribution >= 0.6 is 23.2 Å². The van der Waals surface area contributed by atoms with Gasteiger partial charge in [0.05, 0.1) is 12.1 Å². The predicted octanol–water partition coefficient (Wildman–Crippen LogP) is 4.09. The van der Waals surface area contributed by atoms with E-state index in [0.717, 1.165) is 11.1 Å². The fourth-order valence-electron chi connectivity index (χ4n) is 2.38. The Morgan fingerprint density at radius 1 is 0.700 bits per heavy atom. The number of amides is 2. The minimum absolute atomic E-state index is 0.124. The summed E-state index contributed by atoms with van der Waals surface area (Å²) in [5, 5.41) is 7.20. The minimum atomic E-state index is -0.176. The van der Waals surface area contributed by atoms with Crippen LogP contribution in [0.15, 0.2) is 48.5 Å². The second-order valence-corrected chi connectivity index (χ2v) is 5.55. The van der Waals surface area contributed by atoms with Crippen molar-refractivity contribution in [1.29, 1.82) is 0 Å². The van der Waals surface area contributed by atoms with Gasteiger partial charge in [0.1, 0.15) is 0 Å². The van der Waals surface area contributed by atoms with Crippen LogP contribution in [0.25, 0.3) is 0 Å². The lowest BCUT2D eigenvalue weighted by Crippen LogP contribution is -2.21. The molecule has 0 spiro atoms. The molecule has 0 bridgehead atoms. The van der Waals surface area contributed by atoms with Crippen molar-refractivity contribution in [2.45, 2.75) is 12.1 Å². The van der Waals surface area contributed by atoms with Gasteiger partial charge < -0.3 is 10.6 Å². The highest BCUT2D eigenvalue weighted by Gasteiger charge is 2.33. The van der Waals surface area contributed by atoms with Crippen LogP contribution in [0, 0.1) is 0 Å². The van der Waals surface area contributed by atoms with Crippen LogP contribution in [-0.4, -0.2) is 6.03 Å². The molecule has 1 heterocycles. The Bertz CT molecular complexity index is 570. The molecule has 102 valence electrons. The topological polar surface area (TPSA) is 41.1 Å². The molecule has 0 radical (unpaired) electrons. The van der Waals surface area contributed by atoms with Crippen molar-refractivity contribution >= 4 is 29.2 Å². The summed E-state index contributed by atoms with van der Waals surface area (Å²) in [5.74, 6) is 0. The normalized spacial score (nSPS) is 21.4. The summed E-state index contributed by atoms with van der Waals surface area (Å²) in [5.41, 5.74) is 2.01. The van der Waals surface area contributed by atoms with Gasteiger partial charge in [-0.2, -0.15) is 0 Å². The zero-order valence-electron chi connectivity index (χ0n) is 10.4. The maximum absolute atomic E-state index is 11.7. The molecular weight excluding hydrogens is 295 g/mol. The zero-order valence-corrected chi connectivity index (χ0v) is 11.9. The van der Waals surface area contributed by atoms with E-state index < -0.39 is 0 Å². The fourth-order valence-corrected chi connectivity index (χ4v) is 2.63. The molecule has 2 aromatic rings. The number of hydrogen-bond acceptors (Lipinski definition) is 1. The molecule has 20 heavy (non-hydrogen) atoms. The molecule has 5 heteroatoms. The molecule has 1 fully saturated rings. The third-order valence-electron chi connectivity index (χ3n) is 3.36. The van der Waals surface area contributed by atoms with Gasteiger partial charge in [-0.3, -0.25) is 0 Å². The number of rotatable bonds is 2. The molecule has 1 saturated heterocycles. The van der Waals surface area contributed by atoms with Gasteiger partial charge in [-0.1, -0.05) is 47.5 Å². The van der Waals surface area contributed by atoms with Crippen molar-refractivity contribution in [2.24, 2.45) is 0 Å². The average Bonchev–Trinajstić information content (AvgIpc) is 2.82. The summed E-state index contributed by atoms with van der Waals surface area (Å²) in [4.78, 5) is 11.7. The molecule has 2 aromatic carbocycles. The quantitative estimate of drug-likeness (QED) is 0.862. The van der Waals surface area contributed by atoms with Crippen molar-refractivity contribution in [3.05, 3.63) is 69.7 Å². The molecule has 1 aliphatic heterocycles. The first-order valence-electron chi connectivity index (χ1n) is 6.21. The van der Waals surface area contributed by atoms with E-state index in [4.69, 9.17) is 23.2 Å². The average molecular weight is 307 g/mol. The van der Waals surface area contributed by atoms with Crippen LogP contribution in [0.2, 0.25) is 10.0 Å². The molecule has 0 aliphatic carbocycles. The van der Waals surface area contributed by atoms with E-state index in [0.29, 0.717) is 10.0 Å². The zero-order chi connectivity index (χ0) is 14.1. The highest BCUT2D eigenvalue weighted by Crippen LogP contribution is 2.33. The van der Waals surface area contributed by atoms with Crippen molar-refractivity contribution in [3.8, 4) is 0 Å². The Morgan fingerprint density at radius 2 is 1.05 bits per heavy atom. The number of carbonyl (C=O) groups is 1. The van der Waals surface area contributed by atoms with Crippen molar-refractivity contribution in [1.82, 2.24) is 10.6 Å².